The molecule has 1 aliphatic heterocycles. The minimum absolute atomic E-state index is 0.690. The lowest BCUT2D eigenvalue weighted by atomic mass is 10.1. The molecule has 0 bridgehead atoms. The average molecular weight is 220 g/mol. The fraction of sp³-hybridized carbons (Fsp3) is 0.538. The molecule has 0 aliphatic carbocycles. The number of para-hydroxylation sites is 1. The maximum atomic E-state index is 5.93. The predicted molar refractivity (Wildman–Crippen MR) is 66.1 cm³/mol. The van der Waals surface area contributed by atoms with Gasteiger partial charge in [-0.2, -0.15) is 0 Å². The van der Waals surface area contributed by atoms with Gasteiger partial charge in [0.15, 0.2) is 0 Å². The Kier molecular flexibility index (Phi) is 3.80. The summed E-state index contributed by atoms with van der Waals surface area (Å²) in [6.07, 6.45) is 1.19. The Morgan fingerprint density at radius 1 is 1.44 bits per heavy atom. The van der Waals surface area contributed by atoms with E-state index in [2.05, 4.69) is 18.0 Å². The molecular formula is C13H20N2O. The molecule has 1 heterocycles. The highest BCUT2D eigenvalue weighted by atomic mass is 16.5. The first kappa shape index (κ1) is 11.4. The van der Waals surface area contributed by atoms with Gasteiger partial charge in [0.05, 0.1) is 6.61 Å². The third kappa shape index (κ3) is 2.97. The first-order valence-electron chi connectivity index (χ1n) is 5.85. The quantitative estimate of drug-likeness (QED) is 0.785. The zero-order valence-corrected chi connectivity index (χ0v) is 9.86. The van der Waals surface area contributed by atoms with Gasteiger partial charge in [0.25, 0.3) is 0 Å². The van der Waals surface area contributed by atoms with E-state index in [1.165, 1.54) is 12.0 Å². The molecule has 1 aliphatic rings. The minimum atomic E-state index is 0.690. The zero-order valence-electron chi connectivity index (χ0n) is 9.86. The van der Waals surface area contributed by atoms with Gasteiger partial charge in [-0.1, -0.05) is 18.2 Å². The van der Waals surface area contributed by atoms with Gasteiger partial charge in [0.1, 0.15) is 0 Å². The number of benzene rings is 1. The van der Waals surface area contributed by atoms with Gasteiger partial charge >= 0.3 is 0 Å². The monoisotopic (exact) mass is 220 g/mol. The highest BCUT2D eigenvalue weighted by molar-refractivity contribution is 5.46. The Bertz CT molecular complexity index is 334. The van der Waals surface area contributed by atoms with Crippen molar-refractivity contribution in [1.29, 1.82) is 0 Å². The third-order valence-electron chi connectivity index (χ3n) is 3.09. The molecule has 0 radical (unpaired) electrons. The van der Waals surface area contributed by atoms with Crippen molar-refractivity contribution in [2.75, 3.05) is 32.5 Å². The Labute approximate surface area is 97.2 Å². The summed E-state index contributed by atoms with van der Waals surface area (Å²) in [6.45, 7) is 3.85. The van der Waals surface area contributed by atoms with Gasteiger partial charge in [-0.25, -0.2) is 0 Å². The van der Waals surface area contributed by atoms with Crippen LogP contribution in [0.2, 0.25) is 0 Å². The van der Waals surface area contributed by atoms with Gasteiger partial charge in [-0.15, -0.1) is 0 Å². The predicted octanol–water partition coefficient (Wildman–Crippen LogP) is 1.74. The summed E-state index contributed by atoms with van der Waals surface area (Å²) in [5.74, 6) is 0.690. The molecule has 0 aromatic heterocycles. The molecule has 1 atom stereocenters. The van der Waals surface area contributed by atoms with Crippen molar-refractivity contribution in [1.82, 2.24) is 4.90 Å². The fourth-order valence-corrected chi connectivity index (χ4v) is 2.20. The minimum Gasteiger partial charge on any atom is -0.398 e. The number of nitrogens with zero attached hydrogens (tertiary/aromatic N) is 1. The van der Waals surface area contributed by atoms with Crippen molar-refractivity contribution >= 4 is 5.69 Å². The molecule has 0 spiro atoms. The first-order valence-corrected chi connectivity index (χ1v) is 5.85. The SMILES string of the molecule is CN(Cc1ccccc1N)CC1CCOC1. The summed E-state index contributed by atoms with van der Waals surface area (Å²) in [4.78, 5) is 2.32. The van der Waals surface area contributed by atoms with Crippen molar-refractivity contribution in [3.8, 4) is 0 Å². The normalized spacial score (nSPS) is 20.5. The Balaban J connectivity index is 1.86. The molecule has 1 fully saturated rings. The lowest BCUT2D eigenvalue weighted by molar-refractivity contribution is 0.173. The number of nitrogens with two attached hydrogens (primary N) is 1. The molecule has 3 nitrogen and oxygen atoms in total. The van der Waals surface area contributed by atoms with Crippen molar-refractivity contribution in [2.45, 2.75) is 13.0 Å². The van der Waals surface area contributed by atoms with Crippen LogP contribution in [-0.4, -0.2) is 31.7 Å². The molecule has 1 saturated heterocycles. The van der Waals surface area contributed by atoms with E-state index >= 15 is 0 Å². The van der Waals surface area contributed by atoms with Crippen LogP contribution in [0.4, 0.5) is 5.69 Å². The highest BCUT2D eigenvalue weighted by Gasteiger charge is 2.17. The van der Waals surface area contributed by atoms with E-state index in [1.54, 1.807) is 0 Å². The smallest absolute Gasteiger partial charge is 0.0507 e. The van der Waals surface area contributed by atoms with Crippen molar-refractivity contribution in [2.24, 2.45) is 5.92 Å². The summed E-state index contributed by atoms with van der Waals surface area (Å²) in [5, 5.41) is 0. The molecule has 2 rings (SSSR count). The van der Waals surface area contributed by atoms with Crippen LogP contribution in [0.25, 0.3) is 0 Å². The van der Waals surface area contributed by atoms with Crippen LogP contribution in [0.15, 0.2) is 24.3 Å². The summed E-state index contributed by atoms with van der Waals surface area (Å²) in [6, 6.07) is 8.07. The Morgan fingerprint density at radius 3 is 2.94 bits per heavy atom. The lowest BCUT2D eigenvalue weighted by Gasteiger charge is -2.20. The maximum absolute atomic E-state index is 5.93. The van der Waals surface area contributed by atoms with E-state index in [0.29, 0.717) is 5.92 Å². The standard InChI is InChI=1S/C13H20N2O/c1-15(8-11-6-7-16-10-11)9-12-4-2-3-5-13(12)14/h2-5,11H,6-10,14H2,1H3. The highest BCUT2D eigenvalue weighted by Crippen LogP contribution is 2.16. The van der Waals surface area contributed by atoms with Crippen LogP contribution in [-0.2, 0) is 11.3 Å². The van der Waals surface area contributed by atoms with Crippen LogP contribution in [0.5, 0.6) is 0 Å². The van der Waals surface area contributed by atoms with Gasteiger partial charge in [-0.3, -0.25) is 0 Å². The summed E-state index contributed by atoms with van der Waals surface area (Å²) >= 11 is 0. The van der Waals surface area contributed by atoms with Gasteiger partial charge < -0.3 is 15.4 Å². The van der Waals surface area contributed by atoms with Crippen LogP contribution in [0.3, 0.4) is 0 Å². The second-order valence-electron chi connectivity index (χ2n) is 4.63. The number of nitrogen functional groups attached to an aromatic ring is 1. The largest absolute Gasteiger partial charge is 0.398 e. The maximum Gasteiger partial charge on any atom is 0.0507 e. The van der Waals surface area contributed by atoms with Crippen LogP contribution in [0.1, 0.15) is 12.0 Å². The molecular weight excluding hydrogens is 200 g/mol. The van der Waals surface area contributed by atoms with Crippen molar-refractivity contribution in [3.63, 3.8) is 0 Å². The van der Waals surface area contributed by atoms with E-state index in [-0.39, 0.29) is 0 Å². The number of rotatable bonds is 4. The van der Waals surface area contributed by atoms with Gasteiger partial charge in [-0.05, 0) is 31.0 Å². The molecule has 0 saturated carbocycles. The summed E-state index contributed by atoms with van der Waals surface area (Å²) in [5.41, 5.74) is 8.02. The van der Waals surface area contributed by atoms with E-state index in [1.807, 2.05) is 18.2 Å². The molecule has 1 unspecified atom stereocenters. The average Bonchev–Trinajstić information content (AvgIpc) is 2.74. The molecule has 2 N–H and O–H groups in total. The van der Waals surface area contributed by atoms with E-state index in [0.717, 1.165) is 32.0 Å². The fourth-order valence-electron chi connectivity index (χ4n) is 2.20. The summed E-state index contributed by atoms with van der Waals surface area (Å²) in [7, 11) is 2.14. The third-order valence-corrected chi connectivity index (χ3v) is 3.09. The number of ether oxygens (including phenoxy) is 1. The molecule has 0 amide bonds. The second-order valence-corrected chi connectivity index (χ2v) is 4.63. The molecule has 88 valence electrons. The Hall–Kier alpha value is -1.06. The number of hydrogen-bond acceptors (Lipinski definition) is 3. The van der Waals surface area contributed by atoms with Crippen molar-refractivity contribution in [3.05, 3.63) is 29.8 Å². The zero-order chi connectivity index (χ0) is 11.4. The van der Waals surface area contributed by atoms with Crippen LogP contribution in [0, 0.1) is 5.92 Å². The molecule has 3 heteroatoms. The topological polar surface area (TPSA) is 38.5 Å². The van der Waals surface area contributed by atoms with Crippen molar-refractivity contribution < 1.29 is 4.74 Å². The molecule has 1 aromatic carbocycles. The molecule has 16 heavy (non-hydrogen) atoms. The van der Waals surface area contributed by atoms with E-state index in [4.69, 9.17) is 10.5 Å². The second kappa shape index (κ2) is 5.32. The lowest BCUT2D eigenvalue weighted by Crippen LogP contribution is -2.25. The number of hydrogen-bond donors (Lipinski definition) is 1. The van der Waals surface area contributed by atoms with Gasteiger partial charge in [0, 0.05) is 25.4 Å². The summed E-state index contributed by atoms with van der Waals surface area (Å²) < 4.78 is 5.38. The molecule has 1 aromatic rings. The van der Waals surface area contributed by atoms with Gasteiger partial charge in [0.2, 0.25) is 0 Å². The first-order chi connectivity index (χ1) is 7.75. The van der Waals surface area contributed by atoms with E-state index < -0.39 is 0 Å². The Morgan fingerprint density at radius 2 is 2.25 bits per heavy atom. The number of anilines is 1. The van der Waals surface area contributed by atoms with E-state index in [9.17, 15) is 0 Å². The van der Waals surface area contributed by atoms with Crippen LogP contribution < -0.4 is 5.73 Å². The van der Waals surface area contributed by atoms with Crippen LogP contribution >= 0.6 is 0 Å².